The number of nitrogens with one attached hydrogen (secondary N) is 2. The molecule has 1 aliphatic rings. The van der Waals surface area contributed by atoms with Gasteiger partial charge in [0.25, 0.3) is 5.91 Å². The van der Waals surface area contributed by atoms with Gasteiger partial charge in [-0.3, -0.25) is 4.79 Å². The fourth-order valence-corrected chi connectivity index (χ4v) is 5.83. The molecule has 0 bridgehead atoms. The third-order valence-corrected chi connectivity index (χ3v) is 8.35. The zero-order valence-electron chi connectivity index (χ0n) is 21.9. The lowest BCUT2D eigenvalue weighted by molar-refractivity contribution is 0.0938. The number of hydrogen-bond donors (Lipinski definition) is 2. The lowest BCUT2D eigenvalue weighted by Gasteiger charge is -2.25. The Balaban J connectivity index is 1.38. The van der Waals surface area contributed by atoms with E-state index in [4.69, 9.17) is 0 Å². The molecule has 10 heteroatoms. The summed E-state index contributed by atoms with van der Waals surface area (Å²) in [6.45, 7) is 0.340. The predicted octanol–water partition coefficient (Wildman–Crippen LogP) is 4.85. The summed E-state index contributed by atoms with van der Waals surface area (Å²) in [4.78, 5) is 22.6. The van der Waals surface area contributed by atoms with Gasteiger partial charge in [-0.05, 0) is 47.7 Å². The zero-order chi connectivity index (χ0) is 27.6. The van der Waals surface area contributed by atoms with Crippen LogP contribution in [0.4, 0.5) is 5.82 Å². The normalized spacial score (nSPS) is 14.2. The Morgan fingerprint density at radius 1 is 1.03 bits per heavy atom. The predicted molar refractivity (Wildman–Crippen MR) is 150 cm³/mol. The summed E-state index contributed by atoms with van der Waals surface area (Å²) in [5, 5.41) is 16.3. The Morgan fingerprint density at radius 2 is 1.67 bits per heavy atom. The van der Waals surface area contributed by atoms with Crippen molar-refractivity contribution in [2.45, 2.75) is 49.6 Å². The molecule has 200 valence electrons. The molecule has 1 amide bonds. The van der Waals surface area contributed by atoms with E-state index < -0.39 is 9.84 Å². The maximum atomic E-state index is 13.5. The third-order valence-electron chi connectivity index (χ3n) is 7.23. The van der Waals surface area contributed by atoms with Crippen molar-refractivity contribution < 1.29 is 13.2 Å². The van der Waals surface area contributed by atoms with E-state index in [1.165, 1.54) is 12.7 Å². The number of rotatable bonds is 7. The zero-order valence-corrected chi connectivity index (χ0v) is 22.8. The van der Waals surface area contributed by atoms with Gasteiger partial charge in [0, 0.05) is 25.9 Å². The number of hydrogen-bond acceptors (Lipinski definition) is 7. The minimum absolute atomic E-state index is 0.0695. The van der Waals surface area contributed by atoms with Gasteiger partial charge in [-0.2, -0.15) is 5.26 Å². The molecule has 0 aliphatic heterocycles. The molecular formula is C29H30N6O3S. The standard InChI is InChI=1S/C29H30N6O3S/c1-31-27-24-16-25(35(22-6-4-3-5-7-22)28(24)34-26(17-30)33-27)29(36)32-18-19-8-10-20(11-9-19)21-12-14-23(15-13-21)39(2,37)38/h8-16,22H,3-7,18H2,1-2H3,(H,32,36)(H,31,33,34). The summed E-state index contributed by atoms with van der Waals surface area (Å²) >= 11 is 0. The van der Waals surface area contributed by atoms with Crippen LogP contribution in [0.2, 0.25) is 0 Å². The highest BCUT2D eigenvalue weighted by Crippen LogP contribution is 2.35. The number of nitriles is 1. The molecule has 2 N–H and O–H groups in total. The van der Waals surface area contributed by atoms with Crippen LogP contribution >= 0.6 is 0 Å². The summed E-state index contributed by atoms with van der Waals surface area (Å²) in [5.74, 6) is 0.389. The highest BCUT2D eigenvalue weighted by Gasteiger charge is 2.26. The lowest BCUT2D eigenvalue weighted by atomic mass is 9.95. The third kappa shape index (κ3) is 5.49. The summed E-state index contributed by atoms with van der Waals surface area (Å²) in [5.41, 5.74) is 3.92. The lowest BCUT2D eigenvalue weighted by Crippen LogP contribution is -2.27. The molecule has 0 unspecified atom stereocenters. The average molecular weight is 543 g/mol. The number of carbonyl (C=O) groups is 1. The van der Waals surface area contributed by atoms with E-state index >= 15 is 0 Å². The number of benzene rings is 2. The summed E-state index contributed by atoms with van der Waals surface area (Å²) in [6.07, 6.45) is 6.45. The summed E-state index contributed by atoms with van der Waals surface area (Å²) in [6, 6.07) is 18.6. The second-order valence-electron chi connectivity index (χ2n) is 9.86. The number of anilines is 1. The first-order valence-electron chi connectivity index (χ1n) is 13.0. The largest absolute Gasteiger partial charge is 0.372 e. The molecular weight excluding hydrogens is 512 g/mol. The molecule has 39 heavy (non-hydrogen) atoms. The van der Waals surface area contributed by atoms with Gasteiger partial charge in [0.05, 0.1) is 10.3 Å². The number of carbonyl (C=O) groups excluding carboxylic acids is 1. The maximum absolute atomic E-state index is 13.5. The molecule has 0 spiro atoms. The SMILES string of the molecule is CNc1nc(C#N)nc2c1cc(C(=O)NCc1ccc(-c3ccc(S(C)(=O)=O)cc3)cc1)n2C1CCCCC1. The van der Waals surface area contributed by atoms with Crippen molar-refractivity contribution in [1.82, 2.24) is 19.9 Å². The van der Waals surface area contributed by atoms with Crippen LogP contribution in [0.15, 0.2) is 59.5 Å². The summed E-state index contributed by atoms with van der Waals surface area (Å²) in [7, 11) is -1.50. The van der Waals surface area contributed by atoms with Crippen molar-refractivity contribution in [2.24, 2.45) is 0 Å². The van der Waals surface area contributed by atoms with E-state index in [9.17, 15) is 18.5 Å². The highest BCUT2D eigenvalue weighted by molar-refractivity contribution is 7.90. The van der Waals surface area contributed by atoms with E-state index in [-0.39, 0.29) is 22.7 Å². The monoisotopic (exact) mass is 542 g/mol. The number of amides is 1. The molecule has 9 nitrogen and oxygen atoms in total. The van der Waals surface area contributed by atoms with E-state index in [0.29, 0.717) is 23.7 Å². The molecule has 5 rings (SSSR count). The topological polar surface area (TPSA) is 130 Å². The van der Waals surface area contributed by atoms with Gasteiger partial charge in [0.1, 0.15) is 23.2 Å². The molecule has 0 radical (unpaired) electrons. The Bertz CT molecular complexity index is 1660. The van der Waals surface area contributed by atoms with Crippen LogP contribution < -0.4 is 10.6 Å². The van der Waals surface area contributed by atoms with Crippen LogP contribution in [0, 0.1) is 11.3 Å². The van der Waals surface area contributed by atoms with Gasteiger partial charge in [0.2, 0.25) is 5.82 Å². The number of aromatic nitrogens is 3. The van der Waals surface area contributed by atoms with Gasteiger partial charge >= 0.3 is 0 Å². The van der Waals surface area contributed by atoms with Crippen molar-refractivity contribution in [1.29, 1.82) is 5.26 Å². The van der Waals surface area contributed by atoms with Crippen LogP contribution in [0.25, 0.3) is 22.2 Å². The molecule has 1 saturated carbocycles. The van der Waals surface area contributed by atoms with Crippen LogP contribution in [0.3, 0.4) is 0 Å². The van der Waals surface area contributed by atoms with Gasteiger partial charge in [-0.1, -0.05) is 55.7 Å². The van der Waals surface area contributed by atoms with E-state index in [1.807, 2.05) is 41.0 Å². The fourth-order valence-electron chi connectivity index (χ4n) is 5.20. The van der Waals surface area contributed by atoms with Gasteiger partial charge < -0.3 is 15.2 Å². The van der Waals surface area contributed by atoms with Crippen molar-refractivity contribution in [2.75, 3.05) is 18.6 Å². The van der Waals surface area contributed by atoms with Crippen molar-refractivity contribution in [3.63, 3.8) is 0 Å². The first kappa shape index (κ1) is 26.4. The molecule has 1 fully saturated rings. The molecule has 0 atom stereocenters. The van der Waals surface area contributed by atoms with Gasteiger partial charge in [-0.25, -0.2) is 18.4 Å². The Kier molecular flexibility index (Phi) is 7.35. The van der Waals surface area contributed by atoms with Crippen LogP contribution in [0.1, 0.15) is 60.0 Å². The highest BCUT2D eigenvalue weighted by atomic mass is 32.2. The van der Waals surface area contributed by atoms with Gasteiger partial charge in [0.15, 0.2) is 9.84 Å². The van der Waals surface area contributed by atoms with Crippen molar-refractivity contribution in [3.8, 4) is 17.2 Å². The first-order chi connectivity index (χ1) is 18.8. The Labute approximate surface area is 227 Å². The molecule has 0 saturated heterocycles. The minimum atomic E-state index is -3.24. The number of nitrogens with zero attached hydrogens (tertiary/aromatic N) is 4. The summed E-state index contributed by atoms with van der Waals surface area (Å²) < 4.78 is 25.4. The molecule has 4 aromatic rings. The molecule has 2 aromatic heterocycles. The number of sulfone groups is 1. The van der Waals surface area contributed by atoms with Crippen LogP contribution in [0.5, 0.6) is 0 Å². The maximum Gasteiger partial charge on any atom is 0.268 e. The van der Waals surface area contributed by atoms with Crippen LogP contribution in [-0.4, -0.2) is 42.2 Å². The van der Waals surface area contributed by atoms with E-state index in [1.54, 1.807) is 31.3 Å². The molecule has 2 aromatic carbocycles. The van der Waals surface area contributed by atoms with E-state index in [0.717, 1.165) is 47.8 Å². The fraction of sp³-hybridized carbons (Fsp3) is 0.310. The minimum Gasteiger partial charge on any atom is -0.372 e. The van der Waals surface area contributed by atoms with Crippen molar-refractivity contribution in [3.05, 3.63) is 71.7 Å². The second kappa shape index (κ2) is 10.9. The Hall–Kier alpha value is -4.23. The van der Waals surface area contributed by atoms with Crippen molar-refractivity contribution >= 4 is 32.6 Å². The number of fused-ring (bicyclic) bond motifs is 1. The van der Waals surface area contributed by atoms with Crippen LogP contribution in [-0.2, 0) is 16.4 Å². The quantitative estimate of drug-likeness (QED) is 0.341. The van der Waals surface area contributed by atoms with Gasteiger partial charge in [-0.15, -0.1) is 0 Å². The smallest absolute Gasteiger partial charge is 0.268 e. The molecule has 1 aliphatic carbocycles. The second-order valence-corrected chi connectivity index (χ2v) is 11.9. The van der Waals surface area contributed by atoms with E-state index in [2.05, 4.69) is 20.6 Å². The Morgan fingerprint density at radius 3 is 2.26 bits per heavy atom. The molecule has 2 heterocycles. The first-order valence-corrected chi connectivity index (χ1v) is 14.9. The average Bonchev–Trinajstić information content (AvgIpc) is 3.35.